The molecular formula is C26H26ClFN4O5. The van der Waals surface area contributed by atoms with Crippen LogP contribution in [0.25, 0.3) is 22.3 Å². The van der Waals surface area contributed by atoms with Crippen molar-refractivity contribution in [3.05, 3.63) is 61.7 Å². The molecular weight excluding hydrogens is 503 g/mol. The summed E-state index contributed by atoms with van der Waals surface area (Å²) in [6.07, 6.45) is -2.65. The van der Waals surface area contributed by atoms with Gasteiger partial charge in [0.05, 0.1) is 41.6 Å². The van der Waals surface area contributed by atoms with E-state index in [1.165, 1.54) is 16.7 Å². The number of fused-ring (bicyclic) bond motifs is 5. The molecule has 2 aliphatic heterocycles. The molecule has 11 heteroatoms. The molecule has 0 radical (unpaired) electrons. The molecule has 0 saturated carbocycles. The van der Waals surface area contributed by atoms with E-state index in [1.54, 1.807) is 6.92 Å². The number of carbonyl (C=O) groups excluding carboxylic acids is 2. The third kappa shape index (κ3) is 3.36. The molecule has 37 heavy (non-hydrogen) atoms. The summed E-state index contributed by atoms with van der Waals surface area (Å²) in [5.74, 6) is -2.44. The number of carbonyl (C=O) groups is 2. The highest BCUT2D eigenvalue weighted by atomic mass is 35.5. The number of aliphatic hydroxyl groups is 1. The number of pyridine rings is 2. The second-order valence-corrected chi connectivity index (χ2v) is 9.30. The number of aromatic nitrogens is 2. The van der Waals surface area contributed by atoms with Crippen molar-refractivity contribution in [1.29, 1.82) is 0 Å². The standard InChI is InChI=1S/C26H25FN4O5.ClH/c1-3-26(35)15-6-19-23-13(9-31(19)24(33)14(15)10-36-25(26)34)22-17(29-20(32)8-28)5-4-12-11(2)16(27)7-18(30-23)21(12)22;/h6-7,17,35H,3-5,8-10,28H2,1-2H3,(H,29,32);1H/t17-,26-;/m0./s1/i1D3,3D2;. The number of ether oxygens (including phenoxy) is 1. The van der Waals surface area contributed by atoms with Crippen LogP contribution in [-0.4, -0.2) is 33.1 Å². The van der Waals surface area contributed by atoms with Crippen LogP contribution in [-0.2, 0) is 39.5 Å². The van der Waals surface area contributed by atoms with Gasteiger partial charge < -0.3 is 25.5 Å². The normalized spacial score (nSPS) is 23.7. The molecule has 1 amide bonds. The van der Waals surface area contributed by atoms with Gasteiger partial charge in [0.2, 0.25) is 5.91 Å². The van der Waals surface area contributed by atoms with Gasteiger partial charge in [0.1, 0.15) is 12.4 Å². The molecule has 2 atom stereocenters. The molecule has 3 aliphatic rings. The van der Waals surface area contributed by atoms with E-state index in [0.717, 1.165) is 5.56 Å². The van der Waals surface area contributed by atoms with E-state index in [9.17, 15) is 23.9 Å². The Morgan fingerprint density at radius 2 is 2.19 bits per heavy atom. The average molecular weight is 534 g/mol. The van der Waals surface area contributed by atoms with E-state index in [0.29, 0.717) is 34.9 Å². The van der Waals surface area contributed by atoms with Gasteiger partial charge in [-0.05, 0) is 48.9 Å². The Hall–Kier alpha value is -3.34. The molecule has 1 aliphatic carbocycles. The van der Waals surface area contributed by atoms with E-state index in [2.05, 4.69) is 10.3 Å². The second-order valence-electron chi connectivity index (χ2n) is 9.30. The molecule has 0 bridgehead atoms. The van der Waals surface area contributed by atoms with Gasteiger partial charge in [-0.1, -0.05) is 6.85 Å². The number of nitrogens with zero attached hydrogens (tertiary/aromatic N) is 2. The highest BCUT2D eigenvalue weighted by Crippen LogP contribution is 2.45. The Balaban J connectivity index is 0.00000353. The van der Waals surface area contributed by atoms with Crippen molar-refractivity contribution in [2.45, 2.75) is 57.8 Å². The number of halogens is 2. The number of hydrogen-bond acceptors (Lipinski definition) is 7. The number of benzene rings is 1. The van der Waals surface area contributed by atoms with E-state index in [4.69, 9.17) is 17.3 Å². The quantitative estimate of drug-likeness (QED) is 0.343. The lowest BCUT2D eigenvalue weighted by molar-refractivity contribution is -0.172. The summed E-state index contributed by atoms with van der Waals surface area (Å²) in [6.45, 7) is -2.70. The number of amides is 1. The van der Waals surface area contributed by atoms with Gasteiger partial charge in [0.25, 0.3) is 5.56 Å². The van der Waals surface area contributed by atoms with Crippen LogP contribution in [0.15, 0.2) is 16.9 Å². The first-order valence-electron chi connectivity index (χ1n) is 13.9. The highest BCUT2D eigenvalue weighted by Gasteiger charge is 2.46. The maximum atomic E-state index is 15.0. The topological polar surface area (TPSA) is 137 Å². The van der Waals surface area contributed by atoms with Crippen molar-refractivity contribution < 1.29 is 30.7 Å². The molecule has 0 unspecified atom stereocenters. The minimum atomic E-state index is -3.53. The molecule has 1 aromatic carbocycles. The third-order valence-corrected chi connectivity index (χ3v) is 7.47. The zero-order valence-corrected chi connectivity index (χ0v) is 20.4. The van der Waals surface area contributed by atoms with Crippen LogP contribution in [0.4, 0.5) is 4.39 Å². The summed E-state index contributed by atoms with van der Waals surface area (Å²) in [5, 5.41) is 15.0. The van der Waals surface area contributed by atoms with Crippen molar-refractivity contribution in [2.75, 3.05) is 6.54 Å². The first-order valence-corrected chi connectivity index (χ1v) is 11.4. The van der Waals surface area contributed by atoms with Crippen molar-refractivity contribution in [3.63, 3.8) is 0 Å². The summed E-state index contributed by atoms with van der Waals surface area (Å²) < 4.78 is 60.7. The zero-order valence-electron chi connectivity index (χ0n) is 24.6. The Labute approximate surface area is 224 Å². The van der Waals surface area contributed by atoms with E-state index in [-0.39, 0.29) is 48.0 Å². The lowest BCUT2D eigenvalue weighted by atomic mass is 9.81. The van der Waals surface area contributed by atoms with Gasteiger partial charge in [0, 0.05) is 29.4 Å². The van der Waals surface area contributed by atoms with Crippen molar-refractivity contribution in [3.8, 4) is 11.4 Å². The monoisotopic (exact) mass is 533 g/mol. The number of aryl methyl sites for hydroxylation is 1. The lowest BCUT2D eigenvalue weighted by Gasteiger charge is -2.31. The van der Waals surface area contributed by atoms with Gasteiger partial charge in [-0.2, -0.15) is 0 Å². The molecule has 2 aromatic heterocycles. The largest absolute Gasteiger partial charge is 0.458 e. The van der Waals surface area contributed by atoms with Gasteiger partial charge in [-0.3, -0.25) is 9.59 Å². The fourth-order valence-electron chi connectivity index (χ4n) is 5.67. The second kappa shape index (κ2) is 8.61. The summed E-state index contributed by atoms with van der Waals surface area (Å²) in [5.41, 5.74) is 3.56. The van der Waals surface area contributed by atoms with E-state index in [1.807, 2.05) is 0 Å². The lowest BCUT2D eigenvalue weighted by Crippen LogP contribution is -2.44. The third-order valence-electron chi connectivity index (χ3n) is 7.47. The molecule has 0 fully saturated rings. The van der Waals surface area contributed by atoms with Crippen molar-refractivity contribution in [2.24, 2.45) is 5.73 Å². The van der Waals surface area contributed by atoms with Crippen LogP contribution in [0, 0.1) is 12.7 Å². The minimum Gasteiger partial charge on any atom is -0.458 e. The van der Waals surface area contributed by atoms with Gasteiger partial charge in [-0.15, -0.1) is 12.4 Å². The Bertz CT molecular complexity index is 1780. The zero-order chi connectivity index (χ0) is 29.8. The molecule has 3 aromatic rings. The summed E-state index contributed by atoms with van der Waals surface area (Å²) >= 11 is 0. The summed E-state index contributed by atoms with van der Waals surface area (Å²) in [6, 6.07) is 1.90. The number of cyclic esters (lactones) is 1. The predicted molar refractivity (Wildman–Crippen MR) is 135 cm³/mol. The minimum absolute atomic E-state index is 0. The van der Waals surface area contributed by atoms with Crippen LogP contribution in [0.2, 0.25) is 0 Å². The molecule has 0 spiro atoms. The highest BCUT2D eigenvalue weighted by molar-refractivity contribution is 5.94. The van der Waals surface area contributed by atoms with Gasteiger partial charge in [-0.25, -0.2) is 14.2 Å². The first-order chi connectivity index (χ1) is 19.1. The predicted octanol–water partition coefficient (Wildman–Crippen LogP) is 2.01. The summed E-state index contributed by atoms with van der Waals surface area (Å²) in [7, 11) is 0. The number of rotatable bonds is 3. The van der Waals surface area contributed by atoms with Crippen molar-refractivity contribution in [1.82, 2.24) is 14.9 Å². The van der Waals surface area contributed by atoms with Crippen LogP contribution in [0.3, 0.4) is 0 Å². The van der Waals surface area contributed by atoms with Crippen LogP contribution in [0.5, 0.6) is 0 Å². The molecule has 4 heterocycles. The Morgan fingerprint density at radius 1 is 1.41 bits per heavy atom. The SMILES string of the molecule is Cl.[2H]C([2H])([2H])C([2H])([2H])[C@@]1(O)C(=O)OCc2c1cc1n(c2=O)Cc2c-1nc1cc(F)c(C)c3c1c2[C@@H](NC(=O)CN)CC3. The average Bonchev–Trinajstić information content (AvgIpc) is 3.28. The van der Waals surface area contributed by atoms with E-state index >= 15 is 0 Å². The maximum Gasteiger partial charge on any atom is 0.343 e. The molecule has 9 nitrogen and oxygen atoms in total. The molecule has 6 rings (SSSR count). The Morgan fingerprint density at radius 3 is 2.92 bits per heavy atom. The van der Waals surface area contributed by atoms with Crippen LogP contribution < -0.4 is 16.6 Å². The number of esters is 1. The number of nitrogens with two attached hydrogens (primary N) is 1. The fourth-order valence-corrected chi connectivity index (χ4v) is 5.67. The summed E-state index contributed by atoms with van der Waals surface area (Å²) in [4.78, 5) is 43.6. The van der Waals surface area contributed by atoms with Gasteiger partial charge in [0.15, 0.2) is 5.60 Å². The smallest absolute Gasteiger partial charge is 0.343 e. The molecule has 4 N–H and O–H groups in total. The van der Waals surface area contributed by atoms with Crippen LogP contribution >= 0.6 is 12.4 Å². The number of nitrogens with one attached hydrogen (secondary N) is 1. The molecule has 0 saturated heterocycles. The Kier molecular flexibility index (Phi) is 4.59. The first kappa shape index (κ1) is 19.7. The maximum absolute atomic E-state index is 15.0. The fraction of sp³-hybridized carbons (Fsp3) is 0.385. The van der Waals surface area contributed by atoms with Crippen LogP contribution in [0.1, 0.15) is 65.9 Å². The van der Waals surface area contributed by atoms with E-state index < -0.39 is 60.3 Å². The van der Waals surface area contributed by atoms with Gasteiger partial charge >= 0.3 is 5.97 Å². The number of hydrogen-bond donors (Lipinski definition) is 3. The van der Waals surface area contributed by atoms with Crippen molar-refractivity contribution >= 4 is 35.2 Å². The molecule has 194 valence electrons.